The maximum absolute atomic E-state index is 15.6. The minimum absolute atomic E-state index is 0.00725. The molecule has 10 saturated heterocycles. The first kappa shape index (κ1) is 99.9. The molecule has 65 heteroatoms. The lowest BCUT2D eigenvalue weighted by atomic mass is 10.1. The number of hydrogen-bond donors (Lipinski definition) is 6. The van der Waals surface area contributed by atoms with E-state index in [1.54, 1.807) is 69.2 Å². The van der Waals surface area contributed by atoms with Crippen molar-refractivity contribution < 1.29 is 113 Å². The molecular formula is C65H82Cl5F5N23O22P5S5. The van der Waals surface area contributed by atoms with Gasteiger partial charge in [0.25, 0.3) is 31.2 Å². The number of anilines is 5. The SMILES string of the molecule is CC(C)OP1(=S)OC[C@H]2O[C@@H](n3cnc4c(N)nc(N)nc43)[C@@](F)(Cl)[C@@H]2O1.CC(C)OP1(=S)OC[C@H]2O[C@@H](n3cnc4c(N)ncnc43)[C@@](F)(Cl)[C@@H]2O1.CC(C)O[P@@]1(=S)OC[C@H]2O[C@@H](n3cnc4c(N)ncnc43)[C@@](F)(Cl)[C@@H]2O1.CC(C)O[P@]1(=S)OC[C@H]2O[C@@H](n3cnc4c(N)ncnc43)[C@@](F)(Cl)[C@@H]2O1.Cc1cn([C@@H]2O[C@@H]3CO[P@@](=S)(OC(C)C)O[C@H]3[C@]2(F)Cl)c(=O)[nH]c1=O. The largest absolute Gasteiger partial charge is 0.382 e. The van der Waals surface area contributed by atoms with Crippen LogP contribution in [0.2, 0.25) is 0 Å². The predicted octanol–water partition coefficient (Wildman–Crippen LogP) is 10.4. The van der Waals surface area contributed by atoms with Crippen molar-refractivity contribution in [1.29, 1.82) is 0 Å². The highest BCUT2D eigenvalue weighted by Gasteiger charge is 2.68. The Balaban J connectivity index is 0.000000125. The summed E-state index contributed by atoms with van der Waals surface area (Å²) in [5, 5.41) is -12.4. The van der Waals surface area contributed by atoms with E-state index in [-0.39, 0.29) is 110 Å². The summed E-state index contributed by atoms with van der Waals surface area (Å²) in [7, 11) is 0. The number of nitrogens with two attached hydrogens (primary N) is 5. The number of alkyl halides is 10. The Morgan fingerprint density at radius 1 is 0.385 bits per heavy atom. The van der Waals surface area contributed by atoms with Gasteiger partial charge in [-0.15, -0.1) is 0 Å². The molecular weight excluding hydrogens is 2040 g/mol. The Labute approximate surface area is 783 Å². The Morgan fingerprint density at radius 3 is 0.877 bits per heavy atom. The second-order valence-corrected chi connectivity index (χ2v) is 48.6. The van der Waals surface area contributed by atoms with Crippen molar-refractivity contribution in [2.24, 2.45) is 0 Å². The fraction of sp³-hybridized carbons (Fsp3) is 0.631. The van der Waals surface area contributed by atoms with E-state index < -0.39 is 163 Å². The van der Waals surface area contributed by atoms with Crippen LogP contribution in [0.1, 0.15) is 106 Å². The second kappa shape index (κ2) is 37.6. The number of hydrogen-bond acceptors (Lipinski definition) is 44. The minimum Gasteiger partial charge on any atom is -0.382 e. The molecule has 0 aromatic carbocycles. The van der Waals surface area contributed by atoms with E-state index in [1.807, 2.05) is 0 Å². The van der Waals surface area contributed by atoms with Crippen LogP contribution in [-0.2, 0) is 151 Å². The van der Waals surface area contributed by atoms with Gasteiger partial charge in [-0.3, -0.25) is 55.2 Å². The molecule has 0 aliphatic carbocycles. The molecule has 25 atom stereocenters. The van der Waals surface area contributed by atoms with Crippen molar-refractivity contribution in [2.75, 3.05) is 61.7 Å². The van der Waals surface area contributed by atoms with Crippen LogP contribution < -0.4 is 39.9 Å². The van der Waals surface area contributed by atoms with Crippen LogP contribution in [0.4, 0.5) is 51.2 Å². The van der Waals surface area contributed by atoms with Gasteiger partial charge in [0.2, 0.25) is 5.95 Å². The fourth-order valence-electron chi connectivity index (χ4n) is 14.4. The molecule has 0 bridgehead atoms. The lowest BCUT2D eigenvalue weighted by molar-refractivity contribution is -0.0657. The number of fused-ring (bicyclic) bond motifs is 9. The Bertz CT molecular complexity index is 5810. The number of aryl methyl sites for hydroxylation is 1. The van der Waals surface area contributed by atoms with Crippen LogP contribution in [0.25, 0.3) is 44.7 Å². The fourth-order valence-corrected chi connectivity index (χ4v) is 29.2. The van der Waals surface area contributed by atoms with Crippen molar-refractivity contribution in [3.05, 3.63) is 76.9 Å². The number of rotatable bonds is 15. The van der Waals surface area contributed by atoms with Crippen LogP contribution in [-0.4, -0.2) is 238 Å². The maximum atomic E-state index is 15.6. The maximum Gasteiger partial charge on any atom is 0.330 e. The number of aromatic amines is 1. The van der Waals surface area contributed by atoms with Gasteiger partial charge < -0.3 is 97.6 Å². The zero-order valence-corrected chi connectivity index (χ0v) is 81.6. The van der Waals surface area contributed by atoms with Gasteiger partial charge in [0.05, 0.1) is 88.9 Å². The van der Waals surface area contributed by atoms with Gasteiger partial charge in [0.1, 0.15) is 102 Å². The lowest BCUT2D eigenvalue weighted by Crippen LogP contribution is -2.45. The molecule has 11 N–H and O–H groups in total. The van der Waals surface area contributed by atoms with Gasteiger partial charge in [-0.2, -0.15) is 9.97 Å². The molecule has 45 nitrogen and oxygen atoms in total. The van der Waals surface area contributed by atoms with E-state index >= 15 is 22.0 Å². The standard InChI is InChI=1S/C13H17ClFN6O4PS.3C13H16ClFN5O4PS.C13H17ClFN2O6PS/c1-5(2)24-26(27)22-3-6-8(25-26)13(14,15)11(23-6)21-4-18-7-9(16)19-12(17)20-10(7)21;3*1-6(2)23-25(26)21-3-7-9(24-25)13(14,15)12(22-7)20-5-19-8-10(16)17-4-18-11(8)20;1-6(2)22-24(25)20-5-8-9(23-24)13(14,15)11(21-8)17-4-7(3)10(18)16-12(17)19/h4-6,8,11H,3H2,1-2H3,(H4,16,17,19,20);3*4-7,9,12H,3H2,1-2H3,(H2,16,17,18);4,6,8-9,11H,5H2,1-3H3,(H,16,18,19)/t6-,8-,11-,13-,26?;7-,9-,12-,13-,25?;7-,9-,12-,13-,25+;7-,9-,12-,13-,25-;8-,9-,11-,13-,24-/m11111/s1. The Hall–Kier alpha value is -4.57. The van der Waals surface area contributed by atoms with E-state index in [0.717, 1.165) is 4.57 Å². The Morgan fingerprint density at radius 2 is 0.623 bits per heavy atom. The average Bonchev–Trinajstić information content (AvgIpc) is 1.61. The van der Waals surface area contributed by atoms with Crippen molar-refractivity contribution in [3.8, 4) is 0 Å². The van der Waals surface area contributed by atoms with Crippen molar-refractivity contribution in [3.63, 3.8) is 0 Å². The monoisotopic (exact) mass is 2120 g/mol. The normalized spacial score (nSPS) is 37.3. The van der Waals surface area contributed by atoms with Crippen molar-refractivity contribution >= 4 is 225 Å². The third kappa shape index (κ3) is 19.8. The van der Waals surface area contributed by atoms with Gasteiger partial charge in [-0.25, -0.2) is 76.6 Å². The highest BCUT2D eigenvalue weighted by molar-refractivity contribution is 8.09. The molecule has 10 fully saturated rings. The number of ether oxygens (including phenoxy) is 5. The quantitative estimate of drug-likeness (QED) is 0.0315. The van der Waals surface area contributed by atoms with E-state index in [9.17, 15) is 9.59 Å². The highest BCUT2D eigenvalue weighted by atomic mass is 35.5. The summed E-state index contributed by atoms with van der Waals surface area (Å²) in [5.41, 5.74) is 29.8. The smallest absolute Gasteiger partial charge is 0.330 e. The number of nitrogens with zero attached hydrogens (tertiary/aromatic N) is 17. The van der Waals surface area contributed by atoms with Crippen LogP contribution >= 0.6 is 91.6 Å². The van der Waals surface area contributed by atoms with Crippen LogP contribution in [0.15, 0.2) is 60.1 Å². The number of nitrogen functional groups attached to an aromatic ring is 5. The zero-order chi connectivity index (χ0) is 94.2. The third-order valence-corrected chi connectivity index (χ3v) is 34.0. The summed E-state index contributed by atoms with van der Waals surface area (Å²) in [4.78, 5) is 73.8. The summed E-state index contributed by atoms with van der Waals surface area (Å²) in [6.07, 6.45) is -7.52. The van der Waals surface area contributed by atoms with Gasteiger partial charge in [0.15, 0.2) is 77.0 Å². The molecule has 0 amide bonds. The van der Waals surface area contributed by atoms with Crippen LogP contribution in [0.3, 0.4) is 0 Å². The molecule has 19 heterocycles. The number of imidazole rings is 4. The number of halogens is 10. The summed E-state index contributed by atoms with van der Waals surface area (Å²) in [6.45, 7) is 3.44. The minimum atomic E-state index is -3.18. The topological polar surface area (TPSA) is 544 Å². The average molecular weight is 2120 g/mol. The van der Waals surface area contributed by atoms with Crippen LogP contribution in [0.5, 0.6) is 0 Å². The molecule has 0 radical (unpaired) electrons. The first-order valence-corrected chi connectivity index (χ1v) is 53.5. The summed E-state index contributed by atoms with van der Waals surface area (Å²) < 4.78 is 196. The molecule has 2 unspecified atom stereocenters. The van der Waals surface area contributed by atoms with Gasteiger partial charge in [0, 0.05) is 11.8 Å². The lowest BCUT2D eigenvalue weighted by Gasteiger charge is -2.35. The first-order valence-electron chi connectivity index (χ1n) is 38.9. The number of H-pyrrole nitrogens is 1. The summed E-state index contributed by atoms with van der Waals surface area (Å²) >= 11 is 57.4. The summed E-state index contributed by atoms with van der Waals surface area (Å²) in [6, 6.07) is 0. The molecule has 714 valence electrons. The Kier molecular flexibility index (Phi) is 28.9. The zero-order valence-electron chi connectivity index (χ0n) is 69.2. The molecule has 9 aromatic heterocycles. The molecule has 10 aliphatic heterocycles. The highest BCUT2D eigenvalue weighted by Crippen LogP contribution is 2.67. The predicted molar refractivity (Wildman–Crippen MR) is 474 cm³/mol. The molecule has 0 spiro atoms. The third-order valence-electron chi connectivity index (χ3n) is 19.7. The van der Waals surface area contributed by atoms with Gasteiger partial charge >= 0.3 is 39.3 Å². The molecule has 10 aliphatic rings. The molecule has 19 rings (SSSR count). The van der Waals surface area contributed by atoms with Crippen LogP contribution in [0, 0.1) is 6.92 Å². The van der Waals surface area contributed by atoms with E-state index in [1.165, 1.54) is 75.7 Å². The van der Waals surface area contributed by atoms with Gasteiger partial charge in [-0.1, -0.05) is 58.0 Å². The van der Waals surface area contributed by atoms with E-state index in [2.05, 4.69) is 64.8 Å². The molecule has 9 aromatic rings. The first-order chi connectivity index (χ1) is 60.8. The summed E-state index contributed by atoms with van der Waals surface area (Å²) in [5.74, 6) is 0.485. The van der Waals surface area contributed by atoms with E-state index in [4.69, 9.17) is 237 Å². The molecule has 130 heavy (non-hydrogen) atoms. The van der Waals surface area contributed by atoms with Gasteiger partial charge in [-0.05, 0) is 135 Å². The number of aromatic nitrogens is 18. The second-order valence-electron chi connectivity index (χ2n) is 31.1. The molecule has 0 saturated carbocycles. The van der Waals surface area contributed by atoms with E-state index in [0.29, 0.717) is 33.5 Å². The van der Waals surface area contributed by atoms with Crippen molar-refractivity contribution in [2.45, 2.75) is 224 Å². The van der Waals surface area contributed by atoms with Crippen molar-refractivity contribution in [1.82, 2.24) is 87.6 Å². The number of nitrogens with one attached hydrogen (secondary N) is 1.